The smallest absolute Gasteiger partial charge is 0.472 e. The molecule has 358 valence electrons. The number of carbonyl (C=O) groups is 2. The molecule has 3 atom stereocenters. The third-order valence-electron chi connectivity index (χ3n) is 9.54. The normalized spacial score (nSPS) is 14.7. The van der Waals surface area contributed by atoms with Crippen LogP contribution in [0.3, 0.4) is 0 Å². The molecule has 0 fully saturated rings. The molecule has 4 N–H and O–H groups in total. The lowest BCUT2D eigenvalue weighted by Crippen LogP contribution is -2.34. The van der Waals surface area contributed by atoms with E-state index in [0.29, 0.717) is 13.0 Å². The maximum Gasteiger partial charge on any atom is 0.472 e. The van der Waals surface area contributed by atoms with Gasteiger partial charge < -0.3 is 25.2 Å². The SMILES string of the molecule is CC/C=C\C/C=C\C/C=C\C/C=C\C/C=C\C/C=C\CCCOCC(COP(=O)(O)OCC(N)C(=O)O)OC(=O)CCCCCCCC/C=C\C/C=C\C/C=C\CCCCCCC. The van der Waals surface area contributed by atoms with Crippen molar-refractivity contribution < 1.29 is 42.7 Å². The summed E-state index contributed by atoms with van der Waals surface area (Å²) >= 11 is 0. The van der Waals surface area contributed by atoms with Crippen LogP contribution < -0.4 is 5.73 Å². The highest BCUT2D eigenvalue weighted by molar-refractivity contribution is 7.47. The van der Waals surface area contributed by atoms with Gasteiger partial charge in [-0.2, -0.15) is 0 Å². The van der Waals surface area contributed by atoms with Crippen molar-refractivity contribution in [2.75, 3.05) is 26.4 Å². The molecule has 63 heavy (non-hydrogen) atoms. The number of carboxylic acids is 1. The summed E-state index contributed by atoms with van der Waals surface area (Å²) in [6.45, 7) is 3.57. The number of nitrogens with two attached hydrogens (primary N) is 1. The Kier molecular flexibility index (Phi) is 44.1. The molecule has 0 radical (unpaired) electrons. The zero-order chi connectivity index (χ0) is 46.2. The number of hydrogen-bond donors (Lipinski definition) is 3. The second-order valence-electron chi connectivity index (χ2n) is 15.5. The molecule has 0 aliphatic rings. The van der Waals surface area contributed by atoms with E-state index in [-0.39, 0.29) is 13.0 Å². The lowest BCUT2D eigenvalue weighted by Gasteiger charge is -2.20. The summed E-state index contributed by atoms with van der Waals surface area (Å²) in [6, 6.07) is -1.49. The largest absolute Gasteiger partial charge is 0.480 e. The average Bonchev–Trinajstić information content (AvgIpc) is 3.26. The fourth-order valence-electron chi connectivity index (χ4n) is 5.86. The van der Waals surface area contributed by atoms with Crippen molar-refractivity contribution in [3.05, 3.63) is 109 Å². The third kappa shape index (κ3) is 46.4. The molecule has 0 aromatic carbocycles. The fourth-order valence-corrected chi connectivity index (χ4v) is 6.64. The van der Waals surface area contributed by atoms with E-state index < -0.39 is 45.1 Å². The summed E-state index contributed by atoms with van der Waals surface area (Å²) in [6.07, 6.45) is 62.9. The number of carboxylic acid groups (broad SMARTS) is 1. The van der Waals surface area contributed by atoms with Crippen LogP contribution in [0.4, 0.5) is 0 Å². The van der Waals surface area contributed by atoms with E-state index >= 15 is 0 Å². The minimum Gasteiger partial charge on any atom is -0.480 e. The van der Waals surface area contributed by atoms with Crippen LogP contribution in [0.2, 0.25) is 0 Å². The highest BCUT2D eigenvalue weighted by atomic mass is 31.2. The number of ether oxygens (including phenoxy) is 2. The van der Waals surface area contributed by atoms with Crippen LogP contribution in [0, 0.1) is 0 Å². The van der Waals surface area contributed by atoms with E-state index in [0.717, 1.165) is 103 Å². The van der Waals surface area contributed by atoms with Gasteiger partial charge in [-0.3, -0.25) is 18.6 Å². The summed E-state index contributed by atoms with van der Waals surface area (Å²) in [5.41, 5.74) is 5.36. The van der Waals surface area contributed by atoms with Gasteiger partial charge in [-0.1, -0.05) is 175 Å². The van der Waals surface area contributed by atoms with Gasteiger partial charge in [0.05, 0.1) is 19.8 Å². The second-order valence-corrected chi connectivity index (χ2v) is 17.0. The first-order valence-corrected chi connectivity index (χ1v) is 25.4. The van der Waals surface area contributed by atoms with Crippen LogP contribution in [-0.4, -0.2) is 60.5 Å². The Morgan fingerprint density at radius 2 is 0.921 bits per heavy atom. The number of esters is 1. The zero-order valence-electron chi connectivity index (χ0n) is 39.1. The predicted octanol–water partition coefficient (Wildman–Crippen LogP) is 13.9. The average molecular weight is 900 g/mol. The Bertz CT molecular complexity index is 1410. The van der Waals surface area contributed by atoms with Crippen LogP contribution in [0.5, 0.6) is 0 Å². The number of carbonyl (C=O) groups excluding carboxylic acids is 1. The van der Waals surface area contributed by atoms with Crippen LogP contribution in [0.1, 0.15) is 168 Å². The maximum absolute atomic E-state index is 12.7. The number of unbranched alkanes of at least 4 members (excludes halogenated alkanes) is 12. The van der Waals surface area contributed by atoms with Gasteiger partial charge >= 0.3 is 19.8 Å². The Balaban J connectivity index is 4.35. The minimum atomic E-state index is -4.65. The number of phosphoric ester groups is 1. The third-order valence-corrected chi connectivity index (χ3v) is 10.5. The van der Waals surface area contributed by atoms with E-state index in [1.165, 1.54) is 38.5 Å². The number of aliphatic carboxylic acids is 1. The standard InChI is InChI=1S/C52H86NO9P/c1-3-5-7-9-11-13-15-17-19-21-23-25-26-28-30-32-34-36-38-40-42-44-51(54)62-49(47-60-63(57,58)61-48-50(53)52(55)56)46-59-45-43-41-39-37-35-33-31-29-27-24-22-20-18-16-14-12-10-8-6-4-2/h6,8,12,14-15,17-18,20-21,23-24,26-28,31,33,37,39,49-50H,3-5,7,9-11,13,16,19,22,25,29-30,32,34-36,38,40-48,53H2,1-2H3,(H,55,56)(H,57,58)/b8-6-,14-12-,17-15-,20-18-,23-21-,27-24-,28-26-,33-31-,39-37-. The number of rotatable bonds is 44. The molecule has 0 bridgehead atoms. The highest BCUT2D eigenvalue weighted by Crippen LogP contribution is 2.43. The van der Waals surface area contributed by atoms with Gasteiger partial charge in [0.15, 0.2) is 0 Å². The van der Waals surface area contributed by atoms with Crippen molar-refractivity contribution in [2.24, 2.45) is 5.73 Å². The second kappa shape index (κ2) is 46.6. The van der Waals surface area contributed by atoms with Crippen LogP contribution in [0.15, 0.2) is 109 Å². The fraction of sp³-hybridized carbons (Fsp3) is 0.615. The van der Waals surface area contributed by atoms with Gasteiger partial charge in [0.25, 0.3) is 0 Å². The van der Waals surface area contributed by atoms with Gasteiger partial charge in [0, 0.05) is 13.0 Å². The molecular formula is C52H86NO9P. The molecule has 0 aliphatic heterocycles. The van der Waals surface area contributed by atoms with Crippen molar-refractivity contribution in [1.29, 1.82) is 0 Å². The molecule has 3 unspecified atom stereocenters. The first-order valence-electron chi connectivity index (χ1n) is 23.9. The molecular weight excluding hydrogens is 814 g/mol. The Labute approximate surface area is 382 Å². The first-order chi connectivity index (χ1) is 30.7. The molecule has 0 saturated heterocycles. The van der Waals surface area contributed by atoms with Gasteiger partial charge in [0.2, 0.25) is 0 Å². The summed E-state index contributed by atoms with van der Waals surface area (Å²) in [7, 11) is -4.65. The summed E-state index contributed by atoms with van der Waals surface area (Å²) in [5, 5.41) is 8.92. The Hall–Kier alpha value is -3.37. The molecule has 0 aliphatic carbocycles. The topological polar surface area (TPSA) is 155 Å². The van der Waals surface area contributed by atoms with E-state index in [1.807, 2.05) is 0 Å². The van der Waals surface area contributed by atoms with Gasteiger partial charge in [-0.25, -0.2) is 4.57 Å². The van der Waals surface area contributed by atoms with Crippen molar-refractivity contribution in [3.8, 4) is 0 Å². The van der Waals surface area contributed by atoms with Crippen LogP contribution in [0.25, 0.3) is 0 Å². The lowest BCUT2D eigenvalue weighted by atomic mass is 10.1. The van der Waals surface area contributed by atoms with Crippen molar-refractivity contribution in [3.63, 3.8) is 0 Å². The molecule has 0 saturated carbocycles. The lowest BCUT2D eigenvalue weighted by molar-refractivity contribution is -0.154. The molecule has 10 nitrogen and oxygen atoms in total. The Morgan fingerprint density at radius 1 is 0.524 bits per heavy atom. The molecule has 0 heterocycles. The van der Waals surface area contributed by atoms with Crippen LogP contribution in [-0.2, 0) is 32.7 Å². The van der Waals surface area contributed by atoms with E-state index in [9.17, 15) is 19.0 Å². The van der Waals surface area contributed by atoms with Gasteiger partial charge in [0.1, 0.15) is 12.1 Å². The molecule has 0 rings (SSSR count). The molecule has 0 amide bonds. The highest BCUT2D eigenvalue weighted by Gasteiger charge is 2.27. The van der Waals surface area contributed by atoms with Crippen LogP contribution >= 0.6 is 7.82 Å². The predicted molar refractivity (Wildman–Crippen MR) is 262 cm³/mol. The summed E-state index contributed by atoms with van der Waals surface area (Å²) < 4.78 is 33.3. The van der Waals surface area contributed by atoms with Crippen molar-refractivity contribution >= 4 is 19.8 Å². The minimum absolute atomic E-state index is 0.0362. The summed E-state index contributed by atoms with van der Waals surface area (Å²) in [4.78, 5) is 33.6. The maximum atomic E-state index is 12.7. The van der Waals surface area contributed by atoms with Crippen molar-refractivity contribution in [2.45, 2.75) is 180 Å². The quantitative estimate of drug-likeness (QED) is 0.0233. The van der Waals surface area contributed by atoms with Gasteiger partial charge in [-0.05, 0) is 96.3 Å². The number of allylic oxidation sites excluding steroid dienone is 18. The van der Waals surface area contributed by atoms with E-state index in [2.05, 4.69) is 123 Å². The molecule has 11 heteroatoms. The molecule has 0 spiro atoms. The number of phosphoric acid groups is 1. The monoisotopic (exact) mass is 900 g/mol. The van der Waals surface area contributed by atoms with E-state index in [1.54, 1.807) is 0 Å². The summed E-state index contributed by atoms with van der Waals surface area (Å²) in [5.74, 6) is -1.83. The number of hydrogen-bond acceptors (Lipinski definition) is 8. The zero-order valence-corrected chi connectivity index (χ0v) is 40.0. The molecule has 0 aromatic rings. The Morgan fingerprint density at radius 3 is 1.38 bits per heavy atom. The van der Waals surface area contributed by atoms with Gasteiger partial charge in [-0.15, -0.1) is 0 Å². The first kappa shape index (κ1) is 59.6. The molecule has 0 aromatic heterocycles. The van der Waals surface area contributed by atoms with Crippen molar-refractivity contribution in [1.82, 2.24) is 0 Å². The van der Waals surface area contributed by atoms with E-state index in [4.69, 9.17) is 29.4 Å².